The third-order valence-electron chi connectivity index (χ3n) is 3.54. The molecule has 0 aliphatic carbocycles. The SMILES string of the molecule is NC(=O)c1cc(-c2cccc3snnc23)nc2ccccc12. The molecule has 0 aliphatic rings. The average molecular weight is 306 g/mol. The van der Waals surface area contributed by atoms with Crippen molar-refractivity contribution >= 4 is 38.6 Å². The van der Waals surface area contributed by atoms with E-state index in [9.17, 15) is 4.79 Å². The van der Waals surface area contributed by atoms with Crippen LogP contribution in [-0.4, -0.2) is 20.5 Å². The first kappa shape index (κ1) is 12.8. The number of pyridine rings is 1. The zero-order valence-corrected chi connectivity index (χ0v) is 12.2. The van der Waals surface area contributed by atoms with E-state index < -0.39 is 5.91 Å². The molecule has 0 atom stereocenters. The van der Waals surface area contributed by atoms with E-state index >= 15 is 0 Å². The molecule has 0 saturated carbocycles. The molecule has 0 radical (unpaired) electrons. The third-order valence-corrected chi connectivity index (χ3v) is 4.23. The molecule has 5 nitrogen and oxygen atoms in total. The van der Waals surface area contributed by atoms with E-state index in [0.29, 0.717) is 11.3 Å². The van der Waals surface area contributed by atoms with Gasteiger partial charge in [0.15, 0.2) is 0 Å². The Hall–Kier alpha value is -2.86. The predicted octanol–water partition coefficient (Wildman–Crippen LogP) is 3.01. The smallest absolute Gasteiger partial charge is 0.249 e. The molecule has 106 valence electrons. The van der Waals surface area contributed by atoms with Crippen LogP contribution in [0.1, 0.15) is 10.4 Å². The lowest BCUT2D eigenvalue weighted by Crippen LogP contribution is -2.12. The second-order valence-electron chi connectivity index (χ2n) is 4.86. The third kappa shape index (κ3) is 1.93. The van der Waals surface area contributed by atoms with Crippen molar-refractivity contribution in [3.8, 4) is 11.3 Å². The lowest BCUT2D eigenvalue weighted by atomic mass is 10.0. The van der Waals surface area contributed by atoms with Crippen LogP contribution in [0.15, 0.2) is 48.5 Å². The zero-order chi connectivity index (χ0) is 15.1. The van der Waals surface area contributed by atoms with Crippen molar-refractivity contribution < 1.29 is 4.79 Å². The molecule has 4 aromatic rings. The van der Waals surface area contributed by atoms with E-state index in [2.05, 4.69) is 14.6 Å². The van der Waals surface area contributed by atoms with Crippen molar-refractivity contribution in [1.82, 2.24) is 14.6 Å². The molecule has 0 saturated heterocycles. The highest BCUT2D eigenvalue weighted by molar-refractivity contribution is 7.13. The van der Waals surface area contributed by atoms with Crippen LogP contribution in [-0.2, 0) is 0 Å². The Morgan fingerprint density at radius 2 is 1.95 bits per heavy atom. The van der Waals surface area contributed by atoms with E-state index in [4.69, 9.17) is 5.73 Å². The summed E-state index contributed by atoms with van der Waals surface area (Å²) in [6, 6.07) is 15.0. The normalized spacial score (nSPS) is 11.1. The lowest BCUT2D eigenvalue weighted by molar-refractivity contribution is 0.100. The Balaban J connectivity index is 2.07. The van der Waals surface area contributed by atoms with Crippen molar-refractivity contribution in [1.29, 1.82) is 0 Å². The molecule has 2 aromatic heterocycles. The number of rotatable bonds is 2. The number of amides is 1. The second-order valence-corrected chi connectivity index (χ2v) is 5.65. The number of carbonyl (C=O) groups excluding carboxylic acids is 1. The van der Waals surface area contributed by atoms with E-state index in [1.807, 2.05) is 42.5 Å². The van der Waals surface area contributed by atoms with Gasteiger partial charge in [-0.25, -0.2) is 4.98 Å². The lowest BCUT2D eigenvalue weighted by Gasteiger charge is -2.07. The molecule has 22 heavy (non-hydrogen) atoms. The molecule has 1 amide bonds. The van der Waals surface area contributed by atoms with Gasteiger partial charge in [-0.05, 0) is 29.7 Å². The predicted molar refractivity (Wildman–Crippen MR) is 86.7 cm³/mol. The fourth-order valence-electron chi connectivity index (χ4n) is 2.53. The molecule has 4 rings (SSSR count). The number of fused-ring (bicyclic) bond motifs is 2. The maximum atomic E-state index is 11.8. The van der Waals surface area contributed by atoms with Crippen LogP contribution in [0.25, 0.3) is 32.4 Å². The Morgan fingerprint density at radius 1 is 1.09 bits per heavy atom. The highest BCUT2D eigenvalue weighted by Gasteiger charge is 2.14. The quantitative estimate of drug-likeness (QED) is 0.617. The monoisotopic (exact) mass is 306 g/mol. The van der Waals surface area contributed by atoms with Gasteiger partial charge in [-0.1, -0.05) is 34.8 Å². The van der Waals surface area contributed by atoms with Gasteiger partial charge in [0, 0.05) is 10.9 Å². The minimum atomic E-state index is -0.469. The summed E-state index contributed by atoms with van der Waals surface area (Å²) < 4.78 is 4.96. The summed E-state index contributed by atoms with van der Waals surface area (Å²) in [5.41, 5.74) is 9.02. The number of aromatic nitrogens is 3. The summed E-state index contributed by atoms with van der Waals surface area (Å²) in [4.78, 5) is 16.4. The molecule has 0 fully saturated rings. The van der Waals surface area contributed by atoms with E-state index in [1.54, 1.807) is 6.07 Å². The minimum Gasteiger partial charge on any atom is -0.366 e. The van der Waals surface area contributed by atoms with Crippen LogP contribution in [0, 0.1) is 0 Å². The average Bonchev–Trinajstić information content (AvgIpc) is 3.02. The van der Waals surface area contributed by atoms with Crippen molar-refractivity contribution in [3.63, 3.8) is 0 Å². The van der Waals surface area contributed by atoms with Gasteiger partial charge in [0.1, 0.15) is 5.52 Å². The van der Waals surface area contributed by atoms with Gasteiger partial charge in [0.2, 0.25) is 5.91 Å². The first-order valence-electron chi connectivity index (χ1n) is 6.65. The summed E-state index contributed by atoms with van der Waals surface area (Å²) in [7, 11) is 0. The Kier molecular flexibility index (Phi) is 2.83. The fraction of sp³-hybridized carbons (Fsp3) is 0. The molecular formula is C16H10N4OS. The van der Waals surface area contributed by atoms with Crippen LogP contribution in [0.4, 0.5) is 0 Å². The number of primary amides is 1. The molecule has 0 aliphatic heterocycles. The number of para-hydroxylation sites is 1. The molecule has 0 unspecified atom stereocenters. The minimum absolute atomic E-state index is 0.459. The van der Waals surface area contributed by atoms with Crippen LogP contribution in [0.5, 0.6) is 0 Å². The second kappa shape index (κ2) is 4.85. The zero-order valence-electron chi connectivity index (χ0n) is 11.4. The molecule has 6 heteroatoms. The highest BCUT2D eigenvalue weighted by atomic mass is 32.1. The standard InChI is InChI=1S/C16H10N4OS/c17-16(21)11-8-13(18-12-6-2-1-4-9(11)12)10-5-3-7-14-15(10)19-20-22-14/h1-8H,(H2,17,21). The first-order valence-corrected chi connectivity index (χ1v) is 7.42. The van der Waals surface area contributed by atoms with Gasteiger partial charge >= 0.3 is 0 Å². The van der Waals surface area contributed by atoms with E-state index in [0.717, 1.165) is 26.7 Å². The van der Waals surface area contributed by atoms with Gasteiger partial charge in [-0.3, -0.25) is 4.79 Å². The molecule has 0 bridgehead atoms. The van der Waals surface area contributed by atoms with E-state index in [1.165, 1.54) is 11.5 Å². The maximum Gasteiger partial charge on any atom is 0.249 e. The number of hydrogen-bond acceptors (Lipinski definition) is 5. The highest BCUT2D eigenvalue weighted by Crippen LogP contribution is 2.30. The molecule has 0 spiro atoms. The van der Waals surface area contributed by atoms with Crippen molar-refractivity contribution in [2.75, 3.05) is 0 Å². The molecular weight excluding hydrogens is 296 g/mol. The van der Waals surface area contributed by atoms with Crippen LogP contribution >= 0.6 is 11.5 Å². The number of benzene rings is 2. The number of carbonyl (C=O) groups is 1. The number of nitrogens with two attached hydrogens (primary N) is 1. The summed E-state index contributed by atoms with van der Waals surface area (Å²) in [6.07, 6.45) is 0. The Morgan fingerprint density at radius 3 is 2.82 bits per heavy atom. The summed E-state index contributed by atoms with van der Waals surface area (Å²) in [6.45, 7) is 0. The van der Waals surface area contributed by atoms with Gasteiger partial charge in [-0.2, -0.15) is 0 Å². The topological polar surface area (TPSA) is 81.8 Å². The number of hydrogen-bond donors (Lipinski definition) is 1. The van der Waals surface area contributed by atoms with Gasteiger partial charge in [-0.15, -0.1) is 5.10 Å². The maximum absolute atomic E-state index is 11.8. The Labute approximate surface area is 129 Å². The van der Waals surface area contributed by atoms with Gasteiger partial charge < -0.3 is 5.73 Å². The van der Waals surface area contributed by atoms with Crippen LogP contribution < -0.4 is 5.73 Å². The fourth-order valence-corrected chi connectivity index (χ4v) is 3.12. The van der Waals surface area contributed by atoms with Crippen molar-refractivity contribution in [2.45, 2.75) is 0 Å². The summed E-state index contributed by atoms with van der Waals surface area (Å²) in [5, 5.41) is 4.91. The van der Waals surface area contributed by atoms with E-state index in [-0.39, 0.29) is 0 Å². The first-order chi connectivity index (χ1) is 10.7. The summed E-state index contributed by atoms with van der Waals surface area (Å²) >= 11 is 1.33. The number of nitrogens with zero attached hydrogens (tertiary/aromatic N) is 3. The van der Waals surface area contributed by atoms with Crippen molar-refractivity contribution in [3.05, 3.63) is 54.1 Å². The van der Waals surface area contributed by atoms with Gasteiger partial charge in [0.25, 0.3) is 0 Å². The van der Waals surface area contributed by atoms with Gasteiger partial charge in [0.05, 0.1) is 21.5 Å². The van der Waals surface area contributed by atoms with Crippen LogP contribution in [0.2, 0.25) is 0 Å². The molecule has 2 aromatic carbocycles. The van der Waals surface area contributed by atoms with Crippen LogP contribution in [0.3, 0.4) is 0 Å². The summed E-state index contributed by atoms with van der Waals surface area (Å²) in [5.74, 6) is -0.469. The largest absolute Gasteiger partial charge is 0.366 e. The molecule has 2 heterocycles. The molecule has 2 N–H and O–H groups in total. The Bertz CT molecular complexity index is 1020. The van der Waals surface area contributed by atoms with Crippen molar-refractivity contribution in [2.24, 2.45) is 5.73 Å².